The fraction of sp³-hybridized carbons (Fsp3) is 0.0833. The standard InChI is InChI=1S/C12H7Br2ClNO.Y/c1-16-11(5-4-10(15)12(16)17)8-3-2-7(13)6-9(8)14;/h2-4,6H,1H3;/q-1;. The molecule has 2 aromatic rings. The average molecular weight is 465 g/mol. The summed E-state index contributed by atoms with van der Waals surface area (Å²) in [5, 5.41) is 0.171. The number of halogens is 3. The van der Waals surface area contributed by atoms with Crippen LogP contribution in [0.1, 0.15) is 0 Å². The first-order valence-electron chi connectivity index (χ1n) is 4.73. The molecular weight excluding hydrogens is 458 g/mol. The van der Waals surface area contributed by atoms with Crippen molar-refractivity contribution in [1.82, 2.24) is 4.57 Å². The summed E-state index contributed by atoms with van der Waals surface area (Å²) in [4.78, 5) is 11.7. The zero-order valence-corrected chi connectivity index (χ0v) is 16.1. The Hall–Kier alpha value is 0.524. The Labute approximate surface area is 152 Å². The SMILES string of the molecule is Cn1c(-c2ccc(Br)cc2Br)[c-]cc(Cl)c1=O.[Y]. The summed E-state index contributed by atoms with van der Waals surface area (Å²) in [7, 11) is 1.68. The van der Waals surface area contributed by atoms with Gasteiger partial charge in [0, 0.05) is 49.3 Å². The monoisotopic (exact) mass is 463 g/mol. The summed E-state index contributed by atoms with van der Waals surface area (Å²) < 4.78 is 3.34. The molecule has 0 spiro atoms. The van der Waals surface area contributed by atoms with Crippen molar-refractivity contribution in [3.63, 3.8) is 0 Å². The van der Waals surface area contributed by atoms with Gasteiger partial charge in [0.1, 0.15) is 0 Å². The predicted molar refractivity (Wildman–Crippen MR) is 76.4 cm³/mol. The molecule has 1 heterocycles. The first-order valence-corrected chi connectivity index (χ1v) is 6.69. The first-order chi connectivity index (χ1) is 8.00. The van der Waals surface area contributed by atoms with Crippen LogP contribution in [-0.4, -0.2) is 4.57 Å². The van der Waals surface area contributed by atoms with Gasteiger partial charge in [0.15, 0.2) is 0 Å². The minimum absolute atomic E-state index is 0. The fourth-order valence-corrected chi connectivity index (χ4v) is 2.91. The van der Waals surface area contributed by atoms with Gasteiger partial charge in [-0.2, -0.15) is 23.7 Å². The Kier molecular flexibility index (Phi) is 6.26. The molecule has 0 saturated heterocycles. The zero-order chi connectivity index (χ0) is 12.6. The van der Waals surface area contributed by atoms with Crippen molar-refractivity contribution in [2.24, 2.45) is 7.05 Å². The summed E-state index contributed by atoms with van der Waals surface area (Å²) in [5.41, 5.74) is 1.36. The molecule has 0 fully saturated rings. The zero-order valence-electron chi connectivity index (χ0n) is 9.38. The van der Waals surface area contributed by atoms with E-state index in [0.29, 0.717) is 5.69 Å². The van der Waals surface area contributed by atoms with Crippen molar-refractivity contribution < 1.29 is 32.7 Å². The fourth-order valence-electron chi connectivity index (χ4n) is 1.49. The molecule has 0 atom stereocenters. The third kappa shape index (κ3) is 3.34. The van der Waals surface area contributed by atoms with Gasteiger partial charge in [-0.25, -0.2) is 0 Å². The van der Waals surface area contributed by atoms with E-state index in [-0.39, 0.29) is 43.3 Å². The molecule has 0 aliphatic heterocycles. The largest absolute Gasteiger partial charge is 0.344 e. The quantitative estimate of drug-likeness (QED) is 0.584. The third-order valence-electron chi connectivity index (χ3n) is 2.37. The maximum Gasteiger partial charge on any atom is 0.212 e. The van der Waals surface area contributed by atoms with E-state index in [0.717, 1.165) is 14.5 Å². The smallest absolute Gasteiger partial charge is 0.212 e. The summed E-state index contributed by atoms with van der Waals surface area (Å²) in [5.74, 6) is 0. The Morgan fingerprint density at radius 2 is 2.00 bits per heavy atom. The molecule has 0 N–H and O–H groups in total. The average Bonchev–Trinajstić information content (AvgIpc) is 2.28. The van der Waals surface area contributed by atoms with Crippen LogP contribution in [0.2, 0.25) is 5.02 Å². The van der Waals surface area contributed by atoms with Crippen molar-refractivity contribution in [3.8, 4) is 11.3 Å². The van der Waals surface area contributed by atoms with Gasteiger partial charge in [-0.3, -0.25) is 4.79 Å². The molecule has 2 rings (SSSR count). The van der Waals surface area contributed by atoms with Gasteiger partial charge in [-0.15, -0.1) is 6.07 Å². The molecule has 1 aromatic carbocycles. The minimum Gasteiger partial charge on any atom is -0.344 e. The summed E-state index contributed by atoms with van der Waals surface area (Å²) in [6.45, 7) is 0. The Bertz CT molecular complexity index is 642. The van der Waals surface area contributed by atoms with Crippen LogP contribution in [0.25, 0.3) is 11.3 Å². The topological polar surface area (TPSA) is 22.0 Å². The van der Waals surface area contributed by atoms with Crippen molar-refractivity contribution in [2.75, 3.05) is 0 Å². The van der Waals surface area contributed by atoms with Gasteiger partial charge in [0.2, 0.25) is 5.56 Å². The van der Waals surface area contributed by atoms with Crippen molar-refractivity contribution in [3.05, 3.63) is 54.7 Å². The summed E-state index contributed by atoms with van der Waals surface area (Å²) >= 11 is 12.6. The van der Waals surface area contributed by atoms with Crippen LogP contribution < -0.4 is 5.56 Å². The van der Waals surface area contributed by atoms with Crippen molar-refractivity contribution in [2.45, 2.75) is 0 Å². The van der Waals surface area contributed by atoms with E-state index >= 15 is 0 Å². The molecule has 91 valence electrons. The van der Waals surface area contributed by atoms with E-state index in [1.165, 1.54) is 10.6 Å². The number of benzene rings is 1. The van der Waals surface area contributed by atoms with E-state index in [2.05, 4.69) is 37.9 Å². The number of hydrogen-bond acceptors (Lipinski definition) is 1. The van der Waals surface area contributed by atoms with Gasteiger partial charge in [0.05, 0.1) is 0 Å². The van der Waals surface area contributed by atoms with Crippen LogP contribution in [0, 0.1) is 6.07 Å². The van der Waals surface area contributed by atoms with Gasteiger partial charge in [-0.05, 0) is 10.5 Å². The van der Waals surface area contributed by atoms with Crippen LogP contribution >= 0.6 is 43.5 Å². The number of hydrogen-bond donors (Lipinski definition) is 0. The molecule has 0 aliphatic rings. The van der Waals surface area contributed by atoms with E-state index in [1.807, 2.05) is 18.2 Å². The molecular formula is C12H7Br2ClNOY-. The normalized spacial score (nSPS) is 10.0. The third-order valence-corrected chi connectivity index (χ3v) is 3.79. The van der Waals surface area contributed by atoms with Gasteiger partial charge < -0.3 is 4.57 Å². The molecule has 6 heteroatoms. The van der Waals surface area contributed by atoms with Crippen molar-refractivity contribution >= 4 is 43.5 Å². The predicted octanol–water partition coefficient (Wildman–Crippen LogP) is 4.03. The molecule has 0 aliphatic carbocycles. The van der Waals surface area contributed by atoms with E-state index < -0.39 is 0 Å². The van der Waals surface area contributed by atoms with Crippen LogP contribution in [0.4, 0.5) is 0 Å². The minimum atomic E-state index is -0.227. The summed E-state index contributed by atoms with van der Waals surface area (Å²) in [6.07, 6.45) is 0. The molecule has 0 amide bonds. The Morgan fingerprint density at radius 1 is 1.33 bits per heavy atom. The molecule has 0 unspecified atom stereocenters. The van der Waals surface area contributed by atoms with Gasteiger partial charge in [-0.1, -0.05) is 49.2 Å². The number of aromatic nitrogens is 1. The number of rotatable bonds is 1. The Morgan fingerprint density at radius 3 is 2.61 bits per heavy atom. The maximum absolute atomic E-state index is 11.7. The second-order valence-corrected chi connectivity index (χ2v) is 5.65. The van der Waals surface area contributed by atoms with Crippen molar-refractivity contribution in [1.29, 1.82) is 0 Å². The molecule has 1 radical (unpaired) electrons. The van der Waals surface area contributed by atoms with Crippen LogP contribution in [0.15, 0.2) is 38.0 Å². The van der Waals surface area contributed by atoms with E-state index in [4.69, 9.17) is 11.6 Å². The second-order valence-electron chi connectivity index (χ2n) is 3.47. The van der Waals surface area contributed by atoms with Gasteiger partial charge >= 0.3 is 0 Å². The van der Waals surface area contributed by atoms with Crippen LogP contribution in [-0.2, 0) is 39.8 Å². The van der Waals surface area contributed by atoms with E-state index in [1.54, 1.807) is 7.05 Å². The Balaban J connectivity index is 0.00000162. The molecule has 0 bridgehead atoms. The van der Waals surface area contributed by atoms with Crippen LogP contribution in [0.5, 0.6) is 0 Å². The molecule has 1 aromatic heterocycles. The molecule has 0 saturated carbocycles. The van der Waals surface area contributed by atoms with Crippen LogP contribution in [0.3, 0.4) is 0 Å². The molecule has 2 nitrogen and oxygen atoms in total. The maximum atomic E-state index is 11.7. The van der Waals surface area contributed by atoms with Gasteiger partial charge in [0.25, 0.3) is 0 Å². The van der Waals surface area contributed by atoms with E-state index in [9.17, 15) is 4.79 Å². The summed E-state index contributed by atoms with van der Waals surface area (Å²) in [6, 6.07) is 10.2. The second kappa shape index (κ2) is 6.80. The molecule has 18 heavy (non-hydrogen) atoms. The number of nitrogens with zero attached hydrogens (tertiary/aromatic N) is 1. The first kappa shape index (κ1) is 16.6. The number of pyridine rings is 1.